The van der Waals surface area contributed by atoms with E-state index in [2.05, 4.69) is 4.98 Å². The van der Waals surface area contributed by atoms with E-state index in [4.69, 9.17) is 9.47 Å². The smallest absolute Gasteiger partial charge is 0.340 e. The molecule has 0 amide bonds. The van der Waals surface area contributed by atoms with Gasteiger partial charge in [0.15, 0.2) is 5.60 Å². The molecule has 1 atom stereocenters. The Balaban J connectivity index is 2.85. The van der Waals surface area contributed by atoms with Crippen LogP contribution in [0, 0.1) is 0 Å². The number of aliphatic carboxylic acids is 1. The maximum absolute atomic E-state index is 11.2. The molecule has 1 aromatic heterocycles. The predicted octanol–water partition coefficient (Wildman–Crippen LogP) is 1.04. The molecule has 5 heteroatoms. The maximum atomic E-state index is 11.2. The monoisotopic (exact) mass is 225 g/mol. The highest BCUT2D eigenvalue weighted by atomic mass is 16.5. The number of nitrogens with zero attached hydrogens (tertiary/aromatic N) is 1. The second-order valence-corrected chi connectivity index (χ2v) is 3.42. The van der Waals surface area contributed by atoms with Gasteiger partial charge in [-0.2, -0.15) is 0 Å². The molecular weight excluding hydrogens is 210 g/mol. The number of carboxylic acids is 1. The van der Waals surface area contributed by atoms with E-state index < -0.39 is 11.6 Å². The van der Waals surface area contributed by atoms with Gasteiger partial charge in [-0.1, -0.05) is 6.07 Å². The largest absolute Gasteiger partial charge is 0.479 e. The molecule has 1 rings (SSSR count). The van der Waals surface area contributed by atoms with Crippen LogP contribution >= 0.6 is 0 Å². The summed E-state index contributed by atoms with van der Waals surface area (Å²) in [6.07, 6.45) is 3.07. The third-order valence-electron chi connectivity index (χ3n) is 2.30. The fourth-order valence-electron chi connectivity index (χ4n) is 1.24. The van der Waals surface area contributed by atoms with Gasteiger partial charge in [-0.05, 0) is 13.0 Å². The Morgan fingerprint density at radius 1 is 1.56 bits per heavy atom. The summed E-state index contributed by atoms with van der Waals surface area (Å²) in [5, 5.41) is 9.19. The molecule has 0 aliphatic carbocycles. The molecule has 0 saturated heterocycles. The zero-order chi connectivity index (χ0) is 12.0. The Hall–Kier alpha value is -1.46. The van der Waals surface area contributed by atoms with Crippen molar-refractivity contribution in [3.63, 3.8) is 0 Å². The summed E-state index contributed by atoms with van der Waals surface area (Å²) < 4.78 is 10.2. The SMILES string of the molecule is COCCOC(C)(C(=O)O)c1cccnc1. The summed E-state index contributed by atoms with van der Waals surface area (Å²) in [7, 11) is 1.53. The van der Waals surface area contributed by atoms with E-state index in [1.807, 2.05) is 0 Å². The fourth-order valence-corrected chi connectivity index (χ4v) is 1.24. The summed E-state index contributed by atoms with van der Waals surface area (Å²) in [4.78, 5) is 15.1. The minimum Gasteiger partial charge on any atom is -0.479 e. The zero-order valence-electron chi connectivity index (χ0n) is 9.34. The molecule has 88 valence electrons. The highest BCUT2D eigenvalue weighted by molar-refractivity contribution is 5.78. The molecule has 1 unspecified atom stereocenters. The third kappa shape index (κ3) is 2.77. The van der Waals surface area contributed by atoms with Gasteiger partial charge in [0.1, 0.15) is 0 Å². The lowest BCUT2D eigenvalue weighted by Crippen LogP contribution is -2.36. The van der Waals surface area contributed by atoms with Crippen LogP contribution in [-0.2, 0) is 19.9 Å². The van der Waals surface area contributed by atoms with Gasteiger partial charge in [-0.15, -0.1) is 0 Å². The van der Waals surface area contributed by atoms with Crippen LogP contribution in [0.4, 0.5) is 0 Å². The van der Waals surface area contributed by atoms with Gasteiger partial charge in [0.2, 0.25) is 0 Å². The van der Waals surface area contributed by atoms with Gasteiger partial charge < -0.3 is 14.6 Å². The highest BCUT2D eigenvalue weighted by Crippen LogP contribution is 2.24. The van der Waals surface area contributed by atoms with Gasteiger partial charge in [0.25, 0.3) is 0 Å². The second kappa shape index (κ2) is 5.58. The number of pyridine rings is 1. The van der Waals surface area contributed by atoms with Crippen molar-refractivity contribution in [1.29, 1.82) is 0 Å². The molecule has 16 heavy (non-hydrogen) atoms. The number of hydrogen-bond acceptors (Lipinski definition) is 4. The minimum absolute atomic E-state index is 0.216. The van der Waals surface area contributed by atoms with Crippen molar-refractivity contribution in [1.82, 2.24) is 4.98 Å². The molecule has 1 heterocycles. The van der Waals surface area contributed by atoms with Crippen LogP contribution in [0.2, 0.25) is 0 Å². The van der Waals surface area contributed by atoms with E-state index in [1.165, 1.54) is 20.2 Å². The maximum Gasteiger partial charge on any atom is 0.340 e. The van der Waals surface area contributed by atoms with Crippen LogP contribution in [0.1, 0.15) is 12.5 Å². The number of carbonyl (C=O) groups is 1. The summed E-state index contributed by atoms with van der Waals surface area (Å²) >= 11 is 0. The van der Waals surface area contributed by atoms with E-state index >= 15 is 0 Å². The standard InChI is InChI=1S/C11H15NO4/c1-11(10(13)14,16-7-6-15-2)9-4-3-5-12-8-9/h3-5,8H,6-7H2,1-2H3,(H,13,14). The molecule has 0 saturated carbocycles. The van der Waals surface area contributed by atoms with E-state index in [0.717, 1.165) is 0 Å². The molecule has 0 aliphatic rings. The van der Waals surface area contributed by atoms with E-state index in [-0.39, 0.29) is 6.61 Å². The van der Waals surface area contributed by atoms with Crippen LogP contribution in [0.3, 0.4) is 0 Å². The number of hydrogen-bond donors (Lipinski definition) is 1. The molecule has 1 aromatic rings. The molecule has 0 fully saturated rings. The van der Waals surface area contributed by atoms with Crippen molar-refractivity contribution in [2.45, 2.75) is 12.5 Å². The van der Waals surface area contributed by atoms with Crippen LogP contribution < -0.4 is 0 Å². The van der Waals surface area contributed by atoms with Crippen molar-refractivity contribution in [2.24, 2.45) is 0 Å². The molecule has 0 aliphatic heterocycles. The highest BCUT2D eigenvalue weighted by Gasteiger charge is 2.36. The molecule has 5 nitrogen and oxygen atoms in total. The first-order valence-corrected chi connectivity index (χ1v) is 4.88. The summed E-state index contributed by atoms with van der Waals surface area (Å²) in [5.74, 6) is -1.04. The van der Waals surface area contributed by atoms with Crippen molar-refractivity contribution >= 4 is 5.97 Å². The van der Waals surface area contributed by atoms with Crippen molar-refractivity contribution in [2.75, 3.05) is 20.3 Å². The molecule has 1 N–H and O–H groups in total. The average Bonchev–Trinajstić information content (AvgIpc) is 2.30. The first kappa shape index (κ1) is 12.6. The first-order valence-electron chi connectivity index (χ1n) is 4.88. The average molecular weight is 225 g/mol. The summed E-state index contributed by atoms with van der Waals surface area (Å²) in [6.45, 7) is 2.07. The molecule has 0 spiro atoms. The first-order chi connectivity index (χ1) is 7.61. The van der Waals surface area contributed by atoms with Crippen LogP contribution in [0.25, 0.3) is 0 Å². The fraction of sp³-hybridized carbons (Fsp3) is 0.455. The molecule has 0 radical (unpaired) electrons. The number of methoxy groups -OCH3 is 1. The van der Waals surface area contributed by atoms with Gasteiger partial charge in [-0.25, -0.2) is 4.79 Å². The van der Waals surface area contributed by atoms with E-state index in [0.29, 0.717) is 12.2 Å². The zero-order valence-corrected chi connectivity index (χ0v) is 9.34. The molecule has 0 aromatic carbocycles. The van der Waals surface area contributed by atoms with Gasteiger partial charge in [0, 0.05) is 25.1 Å². The third-order valence-corrected chi connectivity index (χ3v) is 2.30. The second-order valence-electron chi connectivity index (χ2n) is 3.42. The van der Waals surface area contributed by atoms with Gasteiger partial charge in [0.05, 0.1) is 13.2 Å². The molecular formula is C11H15NO4. The Labute approximate surface area is 94.0 Å². The lowest BCUT2D eigenvalue weighted by atomic mass is 9.98. The van der Waals surface area contributed by atoms with Crippen LogP contribution in [0.15, 0.2) is 24.5 Å². The van der Waals surface area contributed by atoms with Crippen LogP contribution in [-0.4, -0.2) is 36.4 Å². The van der Waals surface area contributed by atoms with Crippen molar-refractivity contribution in [3.8, 4) is 0 Å². The normalized spacial score (nSPS) is 14.4. The van der Waals surface area contributed by atoms with Crippen molar-refractivity contribution in [3.05, 3.63) is 30.1 Å². The number of aromatic nitrogens is 1. The predicted molar refractivity (Wildman–Crippen MR) is 57.1 cm³/mol. The Kier molecular flexibility index (Phi) is 4.39. The quantitative estimate of drug-likeness (QED) is 0.733. The van der Waals surface area contributed by atoms with Crippen LogP contribution in [0.5, 0.6) is 0 Å². The topological polar surface area (TPSA) is 68.7 Å². The van der Waals surface area contributed by atoms with E-state index in [1.54, 1.807) is 18.3 Å². The summed E-state index contributed by atoms with van der Waals surface area (Å²) in [5.41, 5.74) is -0.870. The number of ether oxygens (including phenoxy) is 2. The lowest BCUT2D eigenvalue weighted by molar-refractivity contribution is -0.166. The Bertz CT molecular complexity index is 341. The van der Waals surface area contributed by atoms with E-state index in [9.17, 15) is 9.90 Å². The lowest BCUT2D eigenvalue weighted by Gasteiger charge is -2.25. The minimum atomic E-state index is -1.38. The number of carboxylic acid groups (broad SMARTS) is 1. The molecule has 0 bridgehead atoms. The Morgan fingerprint density at radius 2 is 2.31 bits per heavy atom. The van der Waals surface area contributed by atoms with Crippen molar-refractivity contribution < 1.29 is 19.4 Å². The number of rotatable bonds is 6. The Morgan fingerprint density at radius 3 is 2.81 bits per heavy atom. The van der Waals surface area contributed by atoms with Gasteiger partial charge >= 0.3 is 5.97 Å². The summed E-state index contributed by atoms with van der Waals surface area (Å²) in [6, 6.07) is 3.35. The van der Waals surface area contributed by atoms with Gasteiger partial charge in [-0.3, -0.25) is 4.98 Å².